The number of carbonyl (C=O) groups is 1. The number of carbonyl (C=O) groups excluding carboxylic acids is 1. The van der Waals surface area contributed by atoms with Crippen LogP contribution in [0.2, 0.25) is 0 Å². The highest BCUT2D eigenvalue weighted by Crippen LogP contribution is 2.29. The van der Waals surface area contributed by atoms with Crippen molar-refractivity contribution < 1.29 is 4.79 Å². The fourth-order valence-electron chi connectivity index (χ4n) is 2.24. The minimum atomic E-state index is 0.297. The van der Waals surface area contributed by atoms with Crippen molar-refractivity contribution in [3.8, 4) is 0 Å². The van der Waals surface area contributed by atoms with E-state index in [4.69, 9.17) is 0 Å². The van der Waals surface area contributed by atoms with Gasteiger partial charge in [-0.3, -0.25) is 4.79 Å². The van der Waals surface area contributed by atoms with Crippen LogP contribution >= 0.6 is 0 Å². The molecule has 1 aliphatic rings. The Hall–Kier alpha value is -1.63. The highest BCUT2D eigenvalue weighted by molar-refractivity contribution is 6.05. The summed E-state index contributed by atoms with van der Waals surface area (Å²) in [5.74, 6) is 0.297. The number of hydrogen-bond donors (Lipinski definition) is 0. The summed E-state index contributed by atoms with van der Waals surface area (Å²) in [4.78, 5) is 11.5. The molecule has 2 aromatic carbocycles. The van der Waals surface area contributed by atoms with Gasteiger partial charge in [0.15, 0.2) is 5.78 Å². The highest BCUT2D eigenvalue weighted by Gasteiger charge is 2.20. The SMILES string of the molecule is O=C1CCc2c1ccc1ccccc21. The molecule has 0 heterocycles. The zero-order valence-corrected chi connectivity index (χ0v) is 7.79. The van der Waals surface area contributed by atoms with Crippen molar-refractivity contribution in [3.63, 3.8) is 0 Å². The molecule has 0 aromatic heterocycles. The summed E-state index contributed by atoms with van der Waals surface area (Å²) in [7, 11) is 0. The Labute approximate surface area is 82.4 Å². The van der Waals surface area contributed by atoms with Gasteiger partial charge in [0.2, 0.25) is 0 Å². The van der Waals surface area contributed by atoms with Crippen molar-refractivity contribution >= 4 is 16.6 Å². The third-order valence-corrected chi connectivity index (χ3v) is 2.94. The van der Waals surface area contributed by atoms with E-state index in [1.807, 2.05) is 24.3 Å². The van der Waals surface area contributed by atoms with Crippen LogP contribution in [0.1, 0.15) is 22.3 Å². The number of aryl methyl sites for hydroxylation is 1. The van der Waals surface area contributed by atoms with E-state index in [1.165, 1.54) is 16.3 Å². The minimum absolute atomic E-state index is 0.297. The summed E-state index contributed by atoms with van der Waals surface area (Å²) in [5, 5.41) is 2.48. The topological polar surface area (TPSA) is 17.1 Å². The van der Waals surface area contributed by atoms with Crippen LogP contribution < -0.4 is 0 Å². The zero-order valence-electron chi connectivity index (χ0n) is 7.79. The Balaban J connectivity index is 2.44. The van der Waals surface area contributed by atoms with Gasteiger partial charge in [-0.05, 0) is 22.8 Å². The lowest BCUT2D eigenvalue weighted by atomic mass is 10.0. The summed E-state index contributed by atoms with van der Waals surface area (Å²) in [5.41, 5.74) is 2.18. The molecule has 1 nitrogen and oxygen atoms in total. The van der Waals surface area contributed by atoms with Crippen LogP contribution in [0.3, 0.4) is 0 Å². The molecule has 1 heteroatoms. The van der Waals surface area contributed by atoms with Crippen molar-refractivity contribution in [3.05, 3.63) is 47.5 Å². The Morgan fingerprint density at radius 3 is 2.71 bits per heavy atom. The molecule has 0 bridgehead atoms. The first kappa shape index (κ1) is 7.74. The fourth-order valence-corrected chi connectivity index (χ4v) is 2.24. The lowest BCUT2D eigenvalue weighted by Gasteiger charge is -2.03. The number of hydrogen-bond acceptors (Lipinski definition) is 1. The normalized spacial score (nSPS) is 14.7. The van der Waals surface area contributed by atoms with E-state index >= 15 is 0 Å². The first-order valence-corrected chi connectivity index (χ1v) is 4.90. The Morgan fingerprint density at radius 1 is 0.929 bits per heavy atom. The Bertz CT molecular complexity index is 526. The standard InChI is InChI=1S/C13H10O/c14-13-8-7-11-10-4-2-1-3-9(10)5-6-12(11)13/h1-6H,7-8H2. The van der Waals surface area contributed by atoms with Crippen LogP contribution in [0.4, 0.5) is 0 Å². The average Bonchev–Trinajstić information content (AvgIpc) is 2.61. The van der Waals surface area contributed by atoms with E-state index in [-0.39, 0.29) is 0 Å². The molecular weight excluding hydrogens is 172 g/mol. The fraction of sp³-hybridized carbons (Fsp3) is 0.154. The van der Waals surface area contributed by atoms with Crippen LogP contribution in [0.25, 0.3) is 10.8 Å². The summed E-state index contributed by atoms with van der Waals surface area (Å²) >= 11 is 0. The van der Waals surface area contributed by atoms with Crippen LogP contribution in [0, 0.1) is 0 Å². The molecule has 2 aromatic rings. The van der Waals surface area contributed by atoms with E-state index in [2.05, 4.69) is 12.1 Å². The maximum Gasteiger partial charge on any atom is 0.163 e. The molecule has 0 atom stereocenters. The summed E-state index contributed by atoms with van der Waals surface area (Å²) in [6, 6.07) is 12.3. The summed E-state index contributed by atoms with van der Waals surface area (Å²) in [6.07, 6.45) is 1.60. The number of rotatable bonds is 0. The van der Waals surface area contributed by atoms with Crippen LogP contribution in [0.15, 0.2) is 36.4 Å². The van der Waals surface area contributed by atoms with Crippen molar-refractivity contribution in [1.82, 2.24) is 0 Å². The number of fused-ring (bicyclic) bond motifs is 3. The van der Waals surface area contributed by atoms with Crippen molar-refractivity contribution in [2.75, 3.05) is 0 Å². The van der Waals surface area contributed by atoms with Gasteiger partial charge >= 0.3 is 0 Å². The summed E-state index contributed by atoms with van der Waals surface area (Å²) < 4.78 is 0. The second kappa shape index (κ2) is 2.68. The Morgan fingerprint density at radius 2 is 1.79 bits per heavy atom. The third-order valence-electron chi connectivity index (χ3n) is 2.94. The maximum absolute atomic E-state index is 11.5. The van der Waals surface area contributed by atoms with E-state index in [1.54, 1.807) is 0 Å². The predicted molar refractivity (Wildman–Crippen MR) is 56.6 cm³/mol. The molecular formula is C13H10O. The quantitative estimate of drug-likeness (QED) is 0.612. The van der Waals surface area contributed by atoms with Crippen LogP contribution in [0.5, 0.6) is 0 Å². The Kier molecular flexibility index (Phi) is 1.48. The smallest absolute Gasteiger partial charge is 0.163 e. The van der Waals surface area contributed by atoms with E-state index in [9.17, 15) is 4.79 Å². The third kappa shape index (κ3) is 0.925. The lowest BCUT2D eigenvalue weighted by Crippen LogP contribution is -1.90. The molecule has 0 spiro atoms. The molecule has 0 amide bonds. The van der Waals surface area contributed by atoms with Gasteiger partial charge in [-0.25, -0.2) is 0 Å². The molecule has 0 aliphatic heterocycles. The minimum Gasteiger partial charge on any atom is -0.294 e. The van der Waals surface area contributed by atoms with Gasteiger partial charge in [-0.2, -0.15) is 0 Å². The molecule has 0 N–H and O–H groups in total. The monoisotopic (exact) mass is 182 g/mol. The predicted octanol–water partition coefficient (Wildman–Crippen LogP) is 2.97. The molecule has 14 heavy (non-hydrogen) atoms. The molecule has 3 rings (SSSR count). The molecule has 0 saturated carbocycles. The number of Topliss-reactive ketones (excluding diaryl/α,β-unsaturated/α-hetero) is 1. The number of benzene rings is 2. The van der Waals surface area contributed by atoms with Gasteiger partial charge < -0.3 is 0 Å². The first-order valence-electron chi connectivity index (χ1n) is 4.90. The maximum atomic E-state index is 11.5. The molecule has 1 aliphatic carbocycles. The second-order valence-electron chi connectivity index (χ2n) is 3.74. The van der Waals surface area contributed by atoms with E-state index in [0.717, 1.165) is 12.0 Å². The van der Waals surface area contributed by atoms with Gasteiger partial charge in [-0.15, -0.1) is 0 Å². The van der Waals surface area contributed by atoms with Crippen LogP contribution in [-0.2, 0) is 6.42 Å². The first-order chi connectivity index (χ1) is 6.86. The summed E-state index contributed by atoms with van der Waals surface area (Å²) in [6.45, 7) is 0. The lowest BCUT2D eigenvalue weighted by molar-refractivity contribution is 0.0994. The van der Waals surface area contributed by atoms with Gasteiger partial charge in [0.25, 0.3) is 0 Å². The molecule has 0 radical (unpaired) electrons. The van der Waals surface area contributed by atoms with Crippen molar-refractivity contribution in [2.45, 2.75) is 12.8 Å². The molecule has 0 saturated heterocycles. The molecule has 0 unspecified atom stereocenters. The molecule has 68 valence electrons. The van der Waals surface area contributed by atoms with Gasteiger partial charge in [0.05, 0.1) is 0 Å². The van der Waals surface area contributed by atoms with Crippen molar-refractivity contribution in [2.24, 2.45) is 0 Å². The largest absolute Gasteiger partial charge is 0.294 e. The van der Waals surface area contributed by atoms with Crippen LogP contribution in [-0.4, -0.2) is 5.78 Å². The van der Waals surface area contributed by atoms with Gasteiger partial charge in [0, 0.05) is 12.0 Å². The second-order valence-corrected chi connectivity index (χ2v) is 3.74. The van der Waals surface area contributed by atoms with E-state index < -0.39 is 0 Å². The highest BCUT2D eigenvalue weighted by atomic mass is 16.1. The zero-order chi connectivity index (χ0) is 9.54. The molecule has 0 fully saturated rings. The van der Waals surface area contributed by atoms with Gasteiger partial charge in [0.1, 0.15) is 0 Å². The number of ketones is 1. The average molecular weight is 182 g/mol. The van der Waals surface area contributed by atoms with E-state index in [0.29, 0.717) is 12.2 Å². The van der Waals surface area contributed by atoms with Gasteiger partial charge in [-0.1, -0.05) is 36.4 Å². The van der Waals surface area contributed by atoms with Crippen molar-refractivity contribution in [1.29, 1.82) is 0 Å².